The van der Waals surface area contributed by atoms with Crippen molar-refractivity contribution < 1.29 is 9.53 Å². The van der Waals surface area contributed by atoms with Gasteiger partial charge in [0.05, 0.1) is 18.3 Å². The standard InChI is InChI=1S/C21H28N2O2.ClH/c1-8-25-21(24)20-14(6)19-16(22-20)10-17-13(5)12(4)15(7)23(17)18(19)9-11(2)3;/h10-11,15H,8-9H2,1-7H3;1H. The molecule has 0 aromatic carbocycles. The second kappa shape index (κ2) is 7.43. The molecule has 26 heavy (non-hydrogen) atoms. The van der Waals surface area contributed by atoms with Gasteiger partial charge in [-0.1, -0.05) is 13.8 Å². The Morgan fingerprint density at radius 1 is 1.31 bits per heavy atom. The summed E-state index contributed by atoms with van der Waals surface area (Å²) in [5.41, 5.74) is 8.65. The molecule has 4 nitrogen and oxygen atoms in total. The molecule has 0 saturated heterocycles. The Bertz CT molecular complexity index is 848. The average molecular weight is 377 g/mol. The van der Waals surface area contributed by atoms with E-state index in [0.717, 1.165) is 23.2 Å². The number of esters is 1. The maximum atomic E-state index is 12.3. The zero-order valence-electron chi connectivity index (χ0n) is 16.8. The smallest absolute Gasteiger partial charge is 0.357 e. The van der Waals surface area contributed by atoms with Crippen molar-refractivity contribution in [3.63, 3.8) is 0 Å². The largest absolute Gasteiger partial charge is 0.461 e. The Morgan fingerprint density at radius 3 is 2.54 bits per heavy atom. The number of ether oxygens (including phenoxy) is 1. The lowest BCUT2D eigenvalue weighted by Crippen LogP contribution is -2.15. The van der Waals surface area contributed by atoms with Crippen LogP contribution >= 0.6 is 12.4 Å². The van der Waals surface area contributed by atoms with Crippen LogP contribution in [0.2, 0.25) is 0 Å². The van der Waals surface area contributed by atoms with Crippen molar-refractivity contribution in [3.8, 4) is 11.3 Å². The number of hydrogen-bond acceptors (Lipinski definition) is 3. The second-order valence-electron chi connectivity index (χ2n) is 7.49. The van der Waals surface area contributed by atoms with E-state index in [1.807, 2.05) is 13.8 Å². The maximum absolute atomic E-state index is 12.3. The minimum absolute atomic E-state index is 0. The summed E-state index contributed by atoms with van der Waals surface area (Å²) in [7, 11) is 0. The summed E-state index contributed by atoms with van der Waals surface area (Å²) in [4.78, 5) is 17.0. The highest BCUT2D eigenvalue weighted by molar-refractivity contribution is 5.94. The van der Waals surface area contributed by atoms with Gasteiger partial charge in [0.15, 0.2) is 5.69 Å². The first-order valence-electron chi connectivity index (χ1n) is 9.17. The predicted molar refractivity (Wildman–Crippen MR) is 108 cm³/mol. The van der Waals surface area contributed by atoms with Gasteiger partial charge in [0.2, 0.25) is 0 Å². The minimum atomic E-state index is -0.326. The summed E-state index contributed by atoms with van der Waals surface area (Å²) in [5, 5.41) is 0. The molecule has 3 rings (SSSR count). The van der Waals surface area contributed by atoms with Crippen molar-refractivity contribution in [2.24, 2.45) is 5.92 Å². The summed E-state index contributed by atoms with van der Waals surface area (Å²) < 4.78 is 7.64. The highest BCUT2D eigenvalue weighted by atomic mass is 35.5. The van der Waals surface area contributed by atoms with Gasteiger partial charge in [0.25, 0.3) is 0 Å². The fourth-order valence-corrected chi connectivity index (χ4v) is 3.93. The summed E-state index contributed by atoms with van der Waals surface area (Å²) >= 11 is 0. The summed E-state index contributed by atoms with van der Waals surface area (Å²) in [6, 6.07) is 2.48. The SMILES string of the molecule is CCOC(=O)c1nc2cc3n(c(CC(C)C)c-2c1C)C(C)C(C)=C3C.Cl. The van der Waals surface area contributed by atoms with Crippen molar-refractivity contribution in [2.45, 2.75) is 60.9 Å². The topological polar surface area (TPSA) is 44.1 Å². The van der Waals surface area contributed by atoms with Crippen LogP contribution in [0, 0.1) is 12.8 Å². The van der Waals surface area contributed by atoms with Gasteiger partial charge in [-0.3, -0.25) is 0 Å². The first-order chi connectivity index (χ1) is 11.8. The van der Waals surface area contributed by atoms with Gasteiger partial charge in [-0.2, -0.15) is 0 Å². The Labute approximate surface area is 162 Å². The van der Waals surface area contributed by atoms with Gasteiger partial charge in [-0.25, -0.2) is 9.78 Å². The number of nitrogens with zero attached hydrogens (tertiary/aromatic N) is 2. The van der Waals surface area contributed by atoms with E-state index in [9.17, 15) is 4.79 Å². The number of allylic oxidation sites excluding steroid dienone is 2. The lowest BCUT2D eigenvalue weighted by atomic mass is 9.96. The van der Waals surface area contributed by atoms with Gasteiger partial charge in [-0.15, -0.1) is 12.4 Å². The van der Waals surface area contributed by atoms with E-state index in [1.165, 1.54) is 22.5 Å². The van der Waals surface area contributed by atoms with Crippen molar-refractivity contribution >= 4 is 23.9 Å². The molecule has 0 aromatic heterocycles. The fourth-order valence-electron chi connectivity index (χ4n) is 3.93. The molecule has 1 unspecified atom stereocenters. The van der Waals surface area contributed by atoms with Crippen LogP contribution in [-0.2, 0) is 11.2 Å². The molecule has 0 saturated carbocycles. The third-order valence-corrected chi connectivity index (χ3v) is 5.39. The maximum Gasteiger partial charge on any atom is 0.357 e. The van der Waals surface area contributed by atoms with E-state index in [2.05, 4.69) is 50.2 Å². The molecule has 3 heterocycles. The van der Waals surface area contributed by atoms with E-state index in [0.29, 0.717) is 24.3 Å². The van der Waals surface area contributed by atoms with Crippen LogP contribution in [0.1, 0.15) is 75.0 Å². The van der Waals surface area contributed by atoms with Crippen LogP contribution in [0.3, 0.4) is 0 Å². The normalized spacial score (nSPS) is 16.2. The van der Waals surface area contributed by atoms with Crippen molar-refractivity contribution in [2.75, 3.05) is 6.61 Å². The van der Waals surface area contributed by atoms with E-state index >= 15 is 0 Å². The molecule has 0 aliphatic carbocycles. The molecule has 3 aliphatic rings. The van der Waals surface area contributed by atoms with Gasteiger partial charge in [-0.05, 0) is 69.7 Å². The van der Waals surface area contributed by atoms with E-state index in [-0.39, 0.29) is 18.4 Å². The average Bonchev–Trinajstić information content (AvgIpc) is 2.98. The molecule has 1 atom stereocenters. The molecule has 0 aromatic rings. The molecule has 5 heteroatoms. The number of aromatic nitrogens is 2. The first-order valence-corrected chi connectivity index (χ1v) is 9.17. The highest BCUT2D eigenvalue weighted by Crippen LogP contribution is 2.43. The lowest BCUT2D eigenvalue weighted by Gasteiger charge is -2.23. The molecule has 0 radical (unpaired) electrons. The molecular weight excluding hydrogens is 348 g/mol. The highest BCUT2D eigenvalue weighted by Gasteiger charge is 2.32. The molecular formula is C21H29ClN2O2. The van der Waals surface area contributed by atoms with Crippen LogP contribution in [0.5, 0.6) is 0 Å². The molecule has 0 bridgehead atoms. The Balaban J connectivity index is 0.00000243. The van der Waals surface area contributed by atoms with Gasteiger partial charge in [0, 0.05) is 17.0 Å². The molecule has 0 fully saturated rings. The second-order valence-corrected chi connectivity index (χ2v) is 7.49. The van der Waals surface area contributed by atoms with E-state index < -0.39 is 0 Å². The quantitative estimate of drug-likeness (QED) is 0.665. The van der Waals surface area contributed by atoms with Gasteiger partial charge in [0.1, 0.15) is 0 Å². The first kappa shape index (κ1) is 20.5. The van der Waals surface area contributed by atoms with Crippen LogP contribution in [0.25, 0.3) is 16.8 Å². The summed E-state index contributed by atoms with van der Waals surface area (Å²) in [5.74, 6) is 0.198. The zero-order valence-corrected chi connectivity index (χ0v) is 17.6. The predicted octanol–water partition coefficient (Wildman–Crippen LogP) is 5.46. The third-order valence-electron chi connectivity index (χ3n) is 5.39. The fraction of sp³-hybridized carbons (Fsp3) is 0.524. The van der Waals surface area contributed by atoms with Crippen molar-refractivity contribution in [3.05, 3.63) is 34.3 Å². The van der Waals surface area contributed by atoms with Crippen LogP contribution in [-0.4, -0.2) is 22.1 Å². The van der Waals surface area contributed by atoms with Gasteiger partial charge >= 0.3 is 5.97 Å². The summed E-state index contributed by atoms with van der Waals surface area (Å²) in [6.07, 6.45) is 0.962. The zero-order chi connectivity index (χ0) is 18.5. The minimum Gasteiger partial charge on any atom is -0.461 e. The molecule has 142 valence electrons. The van der Waals surface area contributed by atoms with Crippen LogP contribution in [0.15, 0.2) is 11.6 Å². The van der Waals surface area contributed by atoms with Crippen LogP contribution in [0.4, 0.5) is 0 Å². The van der Waals surface area contributed by atoms with E-state index in [4.69, 9.17) is 4.74 Å². The molecule has 0 N–H and O–H groups in total. The number of carbonyl (C=O) groups excluding carboxylic acids is 1. The Morgan fingerprint density at radius 2 is 1.96 bits per heavy atom. The molecule has 3 aliphatic heterocycles. The van der Waals surface area contributed by atoms with Gasteiger partial charge < -0.3 is 9.30 Å². The molecule has 0 spiro atoms. The number of pyridine rings is 1. The van der Waals surface area contributed by atoms with Crippen molar-refractivity contribution in [1.82, 2.24) is 9.55 Å². The summed E-state index contributed by atoms with van der Waals surface area (Å²) in [6.45, 7) is 15.3. The monoisotopic (exact) mass is 376 g/mol. The number of halogens is 1. The van der Waals surface area contributed by atoms with Crippen LogP contribution < -0.4 is 0 Å². The lowest BCUT2D eigenvalue weighted by molar-refractivity contribution is 0.0519. The number of hydrogen-bond donors (Lipinski definition) is 0. The Kier molecular flexibility index (Phi) is 5.86. The van der Waals surface area contributed by atoms with Crippen molar-refractivity contribution in [1.29, 1.82) is 0 Å². The number of carbonyl (C=O) groups is 1. The molecule has 0 amide bonds. The number of rotatable bonds is 4. The Hall–Kier alpha value is -1.81. The number of fused-ring (bicyclic) bond motifs is 2. The third kappa shape index (κ3) is 3.05. The van der Waals surface area contributed by atoms with E-state index in [1.54, 1.807) is 0 Å².